The third kappa shape index (κ3) is 3.64. The van der Waals surface area contributed by atoms with Crippen LogP contribution in [0.15, 0.2) is 0 Å². The molecule has 1 saturated heterocycles. The van der Waals surface area contributed by atoms with Gasteiger partial charge in [0.1, 0.15) is 12.1 Å². The number of nitrogens with zero attached hydrogens (tertiary/aromatic N) is 1. The van der Waals surface area contributed by atoms with Crippen LogP contribution >= 0.6 is 11.8 Å². The molecule has 0 radical (unpaired) electrons. The first-order valence-electron chi connectivity index (χ1n) is 6.75. The van der Waals surface area contributed by atoms with E-state index in [0.717, 1.165) is 18.6 Å². The van der Waals surface area contributed by atoms with Crippen LogP contribution in [-0.4, -0.2) is 47.4 Å². The number of nitrogens with one attached hydrogen (secondary N) is 1. The smallest absolute Gasteiger partial charge is 0.245 e. The average Bonchev–Trinajstić information content (AvgIpc) is 2.37. The first-order valence-corrected chi connectivity index (χ1v) is 8.14. The van der Waals surface area contributed by atoms with Gasteiger partial charge in [0.15, 0.2) is 0 Å². The lowest BCUT2D eigenvalue weighted by molar-refractivity contribution is -0.149. The van der Waals surface area contributed by atoms with Gasteiger partial charge in [0.25, 0.3) is 0 Å². The Morgan fingerprint density at radius 3 is 2.50 bits per heavy atom. The van der Waals surface area contributed by atoms with E-state index >= 15 is 0 Å². The summed E-state index contributed by atoms with van der Waals surface area (Å²) in [6.07, 6.45) is 5.52. The van der Waals surface area contributed by atoms with Gasteiger partial charge in [0.05, 0.1) is 0 Å². The monoisotopic (exact) mass is 272 g/mol. The predicted molar refractivity (Wildman–Crippen MR) is 75.6 cm³/mol. The van der Waals surface area contributed by atoms with Crippen LogP contribution in [0.4, 0.5) is 0 Å². The maximum absolute atomic E-state index is 12.2. The normalized spacial score (nSPS) is 24.3. The average molecular weight is 272 g/mol. The van der Waals surface area contributed by atoms with Gasteiger partial charge in [-0.2, -0.15) is 11.8 Å². The van der Waals surface area contributed by atoms with Crippen molar-refractivity contribution in [2.45, 2.75) is 51.6 Å². The molecule has 1 fully saturated rings. The fourth-order valence-electron chi connectivity index (χ4n) is 2.30. The molecule has 1 heterocycles. The molecule has 1 rings (SSSR count). The fourth-order valence-corrected chi connectivity index (χ4v) is 2.79. The van der Waals surface area contributed by atoms with Crippen LogP contribution in [0.3, 0.4) is 0 Å². The van der Waals surface area contributed by atoms with Crippen molar-refractivity contribution in [3.8, 4) is 0 Å². The summed E-state index contributed by atoms with van der Waals surface area (Å²) in [5, 5.41) is 2.81. The Morgan fingerprint density at radius 2 is 1.94 bits per heavy atom. The van der Waals surface area contributed by atoms with Gasteiger partial charge in [-0.05, 0) is 37.7 Å². The van der Waals surface area contributed by atoms with Gasteiger partial charge >= 0.3 is 0 Å². The molecule has 1 aliphatic heterocycles. The molecule has 0 bridgehead atoms. The lowest BCUT2D eigenvalue weighted by Crippen LogP contribution is -2.63. The maximum atomic E-state index is 12.2. The van der Waals surface area contributed by atoms with Crippen LogP contribution in [0.2, 0.25) is 0 Å². The number of carbonyl (C=O) groups is 2. The van der Waals surface area contributed by atoms with E-state index in [9.17, 15) is 9.59 Å². The highest BCUT2D eigenvalue weighted by atomic mass is 32.2. The van der Waals surface area contributed by atoms with Gasteiger partial charge in [0, 0.05) is 6.54 Å². The topological polar surface area (TPSA) is 49.4 Å². The first-order chi connectivity index (χ1) is 8.65. The van der Waals surface area contributed by atoms with E-state index < -0.39 is 0 Å². The van der Waals surface area contributed by atoms with Gasteiger partial charge in [-0.3, -0.25) is 9.59 Å². The Kier molecular flexibility index (Phi) is 6.54. The highest BCUT2D eigenvalue weighted by Gasteiger charge is 2.38. The van der Waals surface area contributed by atoms with E-state index in [4.69, 9.17) is 0 Å². The number of amides is 2. The summed E-state index contributed by atoms with van der Waals surface area (Å²) in [5.74, 6) is 1.21. The van der Waals surface area contributed by atoms with Crippen molar-refractivity contribution in [2.75, 3.05) is 18.6 Å². The van der Waals surface area contributed by atoms with Gasteiger partial charge < -0.3 is 10.2 Å². The predicted octanol–water partition coefficient (Wildman–Crippen LogP) is 1.65. The Hall–Kier alpha value is -0.710. The zero-order valence-electron chi connectivity index (χ0n) is 11.6. The van der Waals surface area contributed by atoms with E-state index in [-0.39, 0.29) is 23.9 Å². The quantitative estimate of drug-likeness (QED) is 0.717. The molecule has 18 heavy (non-hydrogen) atoms. The maximum Gasteiger partial charge on any atom is 0.245 e. The van der Waals surface area contributed by atoms with Gasteiger partial charge in [-0.1, -0.05) is 13.8 Å². The summed E-state index contributed by atoms with van der Waals surface area (Å²) < 4.78 is 0. The second-order valence-electron chi connectivity index (χ2n) is 4.63. The van der Waals surface area contributed by atoms with Crippen LogP contribution in [0.25, 0.3) is 0 Å². The zero-order chi connectivity index (χ0) is 13.5. The molecule has 2 atom stereocenters. The largest absolute Gasteiger partial charge is 0.343 e. The number of piperazine rings is 1. The van der Waals surface area contributed by atoms with Crippen molar-refractivity contribution in [1.29, 1.82) is 0 Å². The summed E-state index contributed by atoms with van der Waals surface area (Å²) in [6.45, 7) is 4.60. The fraction of sp³-hybridized carbons (Fsp3) is 0.846. The Balaban J connectivity index is 2.62. The molecule has 1 N–H and O–H groups in total. The van der Waals surface area contributed by atoms with Crippen molar-refractivity contribution >= 4 is 23.6 Å². The van der Waals surface area contributed by atoms with E-state index in [1.165, 1.54) is 0 Å². The van der Waals surface area contributed by atoms with E-state index in [2.05, 4.69) is 11.6 Å². The van der Waals surface area contributed by atoms with Crippen LogP contribution < -0.4 is 5.32 Å². The standard InChI is InChI=1S/C13H24N2O2S/c1-4-10-13(17)15(8-6-7-9-18-3)11(5-2)12(16)14-10/h10-11H,4-9H2,1-3H3,(H,14,16). The zero-order valence-corrected chi connectivity index (χ0v) is 12.4. The van der Waals surface area contributed by atoms with E-state index in [1.54, 1.807) is 4.90 Å². The van der Waals surface area contributed by atoms with Crippen molar-refractivity contribution in [2.24, 2.45) is 0 Å². The SMILES string of the molecule is CCC1NC(=O)C(CC)N(CCCCSC)C1=O. The molecular formula is C13H24N2O2S. The van der Waals surface area contributed by atoms with E-state index in [0.29, 0.717) is 19.4 Å². The minimum absolute atomic E-state index is 0.00816. The van der Waals surface area contributed by atoms with Crippen molar-refractivity contribution in [3.05, 3.63) is 0 Å². The second-order valence-corrected chi connectivity index (χ2v) is 5.61. The minimum Gasteiger partial charge on any atom is -0.343 e. The van der Waals surface area contributed by atoms with Crippen molar-refractivity contribution in [1.82, 2.24) is 10.2 Å². The van der Waals surface area contributed by atoms with Crippen LogP contribution in [0, 0.1) is 0 Å². The third-order valence-electron chi connectivity index (χ3n) is 3.37. The van der Waals surface area contributed by atoms with Gasteiger partial charge in [0.2, 0.25) is 11.8 Å². The number of hydrogen-bond acceptors (Lipinski definition) is 3. The van der Waals surface area contributed by atoms with Gasteiger partial charge in [-0.15, -0.1) is 0 Å². The summed E-state index contributed by atoms with van der Waals surface area (Å²) in [5.41, 5.74) is 0. The van der Waals surface area contributed by atoms with E-state index in [1.807, 2.05) is 25.6 Å². The molecule has 4 nitrogen and oxygen atoms in total. The molecule has 0 spiro atoms. The van der Waals surface area contributed by atoms with Crippen molar-refractivity contribution < 1.29 is 9.59 Å². The molecular weight excluding hydrogens is 248 g/mol. The first kappa shape index (κ1) is 15.3. The Labute approximate surface area is 114 Å². The third-order valence-corrected chi connectivity index (χ3v) is 4.07. The number of rotatable bonds is 7. The molecule has 0 saturated carbocycles. The molecule has 5 heteroatoms. The summed E-state index contributed by atoms with van der Waals surface area (Å²) >= 11 is 1.82. The number of hydrogen-bond donors (Lipinski definition) is 1. The summed E-state index contributed by atoms with van der Waals surface area (Å²) in [4.78, 5) is 26.0. The number of unbranched alkanes of at least 4 members (excludes halogenated alkanes) is 1. The van der Waals surface area contributed by atoms with Crippen LogP contribution in [0.1, 0.15) is 39.5 Å². The lowest BCUT2D eigenvalue weighted by atomic mass is 10.0. The highest BCUT2D eigenvalue weighted by molar-refractivity contribution is 7.98. The molecule has 0 aliphatic carbocycles. The number of carbonyl (C=O) groups excluding carboxylic acids is 2. The van der Waals surface area contributed by atoms with Crippen molar-refractivity contribution in [3.63, 3.8) is 0 Å². The molecule has 104 valence electrons. The number of thioether (sulfide) groups is 1. The summed E-state index contributed by atoms with van der Waals surface area (Å²) in [6, 6.07) is -0.588. The highest BCUT2D eigenvalue weighted by Crippen LogP contribution is 2.16. The molecule has 1 aliphatic rings. The molecule has 0 aromatic rings. The Bertz CT molecular complexity index is 297. The second kappa shape index (κ2) is 7.67. The molecule has 2 unspecified atom stereocenters. The molecule has 0 aromatic carbocycles. The minimum atomic E-state index is -0.319. The summed E-state index contributed by atoms with van der Waals surface area (Å²) in [7, 11) is 0. The van der Waals surface area contributed by atoms with Gasteiger partial charge in [-0.25, -0.2) is 0 Å². The molecule has 2 amide bonds. The lowest BCUT2D eigenvalue weighted by Gasteiger charge is -2.38. The van der Waals surface area contributed by atoms with Crippen LogP contribution in [0.5, 0.6) is 0 Å². The van der Waals surface area contributed by atoms with Crippen LogP contribution in [-0.2, 0) is 9.59 Å². The Morgan fingerprint density at radius 1 is 1.22 bits per heavy atom. The molecule has 0 aromatic heterocycles.